The first-order valence-corrected chi connectivity index (χ1v) is 7.76. The summed E-state index contributed by atoms with van der Waals surface area (Å²) in [4.78, 5) is 12.3. The molecular weight excluding hydrogens is 309 g/mol. The summed E-state index contributed by atoms with van der Waals surface area (Å²) in [5.41, 5.74) is 0.583. The Morgan fingerprint density at radius 2 is 1.83 bits per heavy atom. The van der Waals surface area contributed by atoms with Gasteiger partial charge in [-0.3, -0.25) is 4.79 Å². The van der Waals surface area contributed by atoms with Gasteiger partial charge < -0.3 is 15.2 Å². The molecule has 2 aromatic rings. The number of ether oxygens (including phenoxy) is 1. The lowest BCUT2D eigenvalue weighted by Gasteiger charge is -2.26. The number of rotatable bonds is 6. The van der Waals surface area contributed by atoms with E-state index in [9.17, 15) is 14.3 Å². The summed E-state index contributed by atoms with van der Waals surface area (Å²) in [6.07, 6.45) is -0.795. The number of nitrogens with one attached hydrogen (secondary N) is 1. The Bertz CT molecular complexity index is 698. The van der Waals surface area contributed by atoms with Crippen LogP contribution >= 0.6 is 0 Å². The molecule has 4 nitrogen and oxygen atoms in total. The van der Waals surface area contributed by atoms with Crippen LogP contribution in [-0.2, 0) is 4.79 Å². The molecule has 0 spiro atoms. The van der Waals surface area contributed by atoms with Gasteiger partial charge in [0.2, 0.25) is 0 Å². The highest BCUT2D eigenvalue weighted by Gasteiger charge is 2.30. The number of carbonyl (C=O) groups excluding carboxylic acids is 1. The molecule has 0 saturated carbocycles. The summed E-state index contributed by atoms with van der Waals surface area (Å²) in [6.45, 7) is 5.22. The Hall–Kier alpha value is -2.40. The summed E-state index contributed by atoms with van der Waals surface area (Å²) in [5, 5.41) is 12.9. The Kier molecular flexibility index (Phi) is 5.57. The predicted molar refractivity (Wildman–Crippen MR) is 90.3 cm³/mol. The maximum Gasteiger partial charge on any atom is 0.263 e. The molecule has 24 heavy (non-hydrogen) atoms. The summed E-state index contributed by atoms with van der Waals surface area (Å²) in [6, 6.07) is 12.9. The summed E-state index contributed by atoms with van der Waals surface area (Å²) in [5.74, 6) is -0.332. The Labute approximate surface area is 141 Å². The lowest BCUT2D eigenvalue weighted by atomic mass is 10.0. The number of hydrogen-bond donors (Lipinski definition) is 2. The molecule has 0 fully saturated rings. The van der Waals surface area contributed by atoms with Crippen molar-refractivity contribution in [2.24, 2.45) is 0 Å². The predicted octanol–water partition coefficient (Wildman–Crippen LogP) is 3.14. The minimum atomic E-state index is -1.15. The number of aryl methyl sites for hydroxylation is 1. The highest BCUT2D eigenvalue weighted by Crippen LogP contribution is 2.20. The monoisotopic (exact) mass is 331 g/mol. The van der Waals surface area contributed by atoms with E-state index in [1.165, 1.54) is 24.3 Å². The number of halogens is 1. The third kappa shape index (κ3) is 4.55. The molecule has 2 rings (SSSR count). The van der Waals surface area contributed by atoms with Gasteiger partial charge in [-0.05, 0) is 56.2 Å². The summed E-state index contributed by atoms with van der Waals surface area (Å²) < 4.78 is 18.5. The maximum atomic E-state index is 12.9. The van der Waals surface area contributed by atoms with Crippen LogP contribution in [0.4, 0.5) is 4.39 Å². The van der Waals surface area contributed by atoms with Crippen molar-refractivity contribution in [3.63, 3.8) is 0 Å². The van der Waals surface area contributed by atoms with Crippen LogP contribution in [0.2, 0.25) is 0 Å². The molecule has 5 heteroatoms. The third-order valence-electron chi connectivity index (χ3n) is 3.74. The smallest absolute Gasteiger partial charge is 0.263 e. The van der Waals surface area contributed by atoms with Crippen molar-refractivity contribution >= 4 is 5.91 Å². The normalized spacial score (nSPS) is 12.5. The molecule has 1 unspecified atom stereocenters. The van der Waals surface area contributed by atoms with Gasteiger partial charge in [0.05, 0.1) is 6.10 Å². The Morgan fingerprint density at radius 3 is 2.46 bits per heavy atom. The zero-order chi connectivity index (χ0) is 17.7. The van der Waals surface area contributed by atoms with E-state index in [2.05, 4.69) is 5.32 Å². The standard InChI is InChI=1S/C19H22FNO3/c1-13-6-4-5-7-16(13)17(22)12-21-18(23)19(2,3)24-15-10-8-14(20)9-11-15/h4-11,17,22H,12H2,1-3H3,(H,21,23). The molecule has 0 heterocycles. The van der Waals surface area contributed by atoms with Gasteiger partial charge in [0.1, 0.15) is 11.6 Å². The average Bonchev–Trinajstić information content (AvgIpc) is 2.54. The van der Waals surface area contributed by atoms with Crippen molar-refractivity contribution in [1.29, 1.82) is 0 Å². The first kappa shape index (κ1) is 17.9. The molecule has 2 aromatic carbocycles. The molecule has 1 atom stereocenters. The third-order valence-corrected chi connectivity index (χ3v) is 3.74. The van der Waals surface area contributed by atoms with Crippen molar-refractivity contribution < 1.29 is 19.0 Å². The number of aliphatic hydroxyl groups is 1. The van der Waals surface area contributed by atoms with Crippen LogP contribution in [0.3, 0.4) is 0 Å². The van der Waals surface area contributed by atoms with Crippen LogP contribution in [0.1, 0.15) is 31.1 Å². The van der Waals surface area contributed by atoms with Crippen LogP contribution in [-0.4, -0.2) is 23.2 Å². The topological polar surface area (TPSA) is 58.6 Å². The van der Waals surface area contributed by atoms with E-state index in [1.54, 1.807) is 13.8 Å². The average molecular weight is 331 g/mol. The van der Waals surface area contributed by atoms with Crippen LogP contribution in [0.25, 0.3) is 0 Å². The number of aliphatic hydroxyl groups excluding tert-OH is 1. The quantitative estimate of drug-likeness (QED) is 0.855. The zero-order valence-corrected chi connectivity index (χ0v) is 14.0. The molecule has 0 aliphatic rings. The molecule has 0 bridgehead atoms. The van der Waals surface area contributed by atoms with Gasteiger partial charge in [0, 0.05) is 6.54 Å². The van der Waals surface area contributed by atoms with Crippen LogP contribution < -0.4 is 10.1 Å². The van der Waals surface area contributed by atoms with E-state index >= 15 is 0 Å². The molecule has 0 saturated heterocycles. The fourth-order valence-electron chi connectivity index (χ4n) is 2.32. The molecule has 0 aliphatic heterocycles. The van der Waals surface area contributed by atoms with E-state index in [4.69, 9.17) is 4.74 Å². The van der Waals surface area contributed by atoms with Gasteiger partial charge in [-0.1, -0.05) is 24.3 Å². The maximum absolute atomic E-state index is 12.9. The van der Waals surface area contributed by atoms with Crippen LogP contribution in [0.15, 0.2) is 48.5 Å². The van der Waals surface area contributed by atoms with E-state index in [1.807, 2.05) is 31.2 Å². The Balaban J connectivity index is 1.95. The molecular formula is C19H22FNO3. The van der Waals surface area contributed by atoms with Crippen molar-refractivity contribution in [3.8, 4) is 5.75 Å². The minimum absolute atomic E-state index is 0.0832. The van der Waals surface area contributed by atoms with E-state index in [0.29, 0.717) is 5.75 Å². The van der Waals surface area contributed by atoms with Crippen LogP contribution in [0, 0.1) is 12.7 Å². The van der Waals surface area contributed by atoms with Gasteiger partial charge in [-0.25, -0.2) is 4.39 Å². The zero-order valence-electron chi connectivity index (χ0n) is 14.0. The van der Waals surface area contributed by atoms with Gasteiger partial charge in [0.25, 0.3) is 5.91 Å². The lowest BCUT2D eigenvalue weighted by Crippen LogP contribution is -2.47. The summed E-state index contributed by atoms with van der Waals surface area (Å²) >= 11 is 0. The SMILES string of the molecule is Cc1ccccc1C(O)CNC(=O)C(C)(C)Oc1ccc(F)cc1. The number of amides is 1. The van der Waals surface area contributed by atoms with Gasteiger partial charge in [0.15, 0.2) is 5.60 Å². The van der Waals surface area contributed by atoms with E-state index < -0.39 is 11.7 Å². The number of hydrogen-bond acceptors (Lipinski definition) is 3. The highest BCUT2D eigenvalue weighted by molar-refractivity contribution is 5.84. The number of benzene rings is 2. The molecule has 128 valence electrons. The van der Waals surface area contributed by atoms with Crippen molar-refractivity contribution in [1.82, 2.24) is 5.32 Å². The lowest BCUT2D eigenvalue weighted by molar-refractivity contribution is -0.134. The highest BCUT2D eigenvalue weighted by atomic mass is 19.1. The Morgan fingerprint density at radius 1 is 1.21 bits per heavy atom. The van der Waals surface area contributed by atoms with E-state index in [-0.39, 0.29) is 18.3 Å². The molecule has 0 aliphatic carbocycles. The number of carbonyl (C=O) groups is 1. The fourth-order valence-corrected chi connectivity index (χ4v) is 2.32. The van der Waals surface area contributed by atoms with E-state index in [0.717, 1.165) is 11.1 Å². The van der Waals surface area contributed by atoms with Gasteiger partial charge in [-0.2, -0.15) is 0 Å². The largest absolute Gasteiger partial charge is 0.478 e. The molecule has 1 amide bonds. The second-order valence-electron chi connectivity index (χ2n) is 6.15. The summed E-state index contributed by atoms with van der Waals surface area (Å²) in [7, 11) is 0. The minimum Gasteiger partial charge on any atom is -0.478 e. The van der Waals surface area contributed by atoms with Crippen molar-refractivity contribution in [2.45, 2.75) is 32.5 Å². The van der Waals surface area contributed by atoms with Crippen LogP contribution in [0.5, 0.6) is 5.75 Å². The molecule has 2 N–H and O–H groups in total. The van der Waals surface area contributed by atoms with Gasteiger partial charge >= 0.3 is 0 Å². The molecule has 0 radical (unpaired) electrons. The van der Waals surface area contributed by atoms with Crippen molar-refractivity contribution in [2.75, 3.05) is 6.54 Å². The first-order valence-electron chi connectivity index (χ1n) is 7.76. The van der Waals surface area contributed by atoms with Crippen molar-refractivity contribution in [3.05, 3.63) is 65.5 Å². The fraction of sp³-hybridized carbons (Fsp3) is 0.316. The van der Waals surface area contributed by atoms with Gasteiger partial charge in [-0.15, -0.1) is 0 Å². The second-order valence-corrected chi connectivity index (χ2v) is 6.15. The molecule has 0 aromatic heterocycles. The first-order chi connectivity index (χ1) is 11.3. The second kappa shape index (κ2) is 7.45.